The molecule has 0 spiro atoms. The highest BCUT2D eigenvalue weighted by atomic mass is 31.2. The molecule has 0 unspecified atom stereocenters. The topological polar surface area (TPSA) is 118 Å². The number of pyridine rings is 1. The van der Waals surface area contributed by atoms with E-state index in [1.807, 2.05) is 42.5 Å². The third-order valence-corrected chi connectivity index (χ3v) is 4.28. The Bertz CT molecular complexity index is 1020. The van der Waals surface area contributed by atoms with Crippen molar-refractivity contribution in [3.63, 3.8) is 0 Å². The first kappa shape index (κ1) is 18.2. The maximum absolute atomic E-state index is 10.7. The molecular weight excluding hydrogens is 355 g/mol. The molecule has 2 aromatic carbocycles. The van der Waals surface area contributed by atoms with Crippen molar-refractivity contribution in [2.24, 2.45) is 4.99 Å². The number of aromatic hydroxyl groups is 1. The first-order valence-corrected chi connectivity index (χ1v) is 9.17. The van der Waals surface area contributed by atoms with E-state index in [4.69, 9.17) is 0 Å². The van der Waals surface area contributed by atoms with Crippen molar-refractivity contribution >= 4 is 30.5 Å². The fourth-order valence-electron chi connectivity index (χ4n) is 2.52. The second-order valence-electron chi connectivity index (χ2n) is 5.61. The van der Waals surface area contributed by atoms with Crippen molar-refractivity contribution in [1.82, 2.24) is 4.98 Å². The van der Waals surface area contributed by atoms with E-state index in [2.05, 4.69) is 14.5 Å². The predicted octanol–water partition coefficient (Wildman–Crippen LogP) is 2.34. The largest absolute Gasteiger partial charge is 0.790 e. The van der Waals surface area contributed by atoms with Gasteiger partial charge < -0.3 is 24.0 Å². The molecule has 0 aliphatic rings. The molecule has 0 atom stereocenters. The first-order valence-electron chi connectivity index (χ1n) is 7.71. The van der Waals surface area contributed by atoms with Gasteiger partial charge in [-0.2, -0.15) is 0 Å². The fraction of sp³-hybridized carbons (Fsp3) is 0.111. The van der Waals surface area contributed by atoms with Crippen LogP contribution in [0.3, 0.4) is 0 Å². The summed E-state index contributed by atoms with van der Waals surface area (Å²) in [4.78, 5) is 29.8. The number of rotatable bonds is 5. The summed E-state index contributed by atoms with van der Waals surface area (Å²) in [5.41, 5.74) is 1.52. The number of aliphatic imine (C=N–C) groups is 1. The lowest BCUT2D eigenvalue weighted by atomic mass is 10.1. The van der Waals surface area contributed by atoms with E-state index >= 15 is 0 Å². The molecule has 1 heterocycles. The van der Waals surface area contributed by atoms with Gasteiger partial charge in [-0.3, -0.25) is 9.98 Å². The molecule has 0 aliphatic carbocycles. The quantitative estimate of drug-likeness (QED) is 0.544. The standard InChI is InChI=1S/C18H17N2O5P/c1-12-18(21)16(14(9-19-12)11-25-26(22,23)24)10-20-17-8-4-6-13-5-2-3-7-15(13)17/h2-10,21H,11H2,1H3,(H2,22,23,24)/p-2. The van der Waals surface area contributed by atoms with Gasteiger partial charge in [0.25, 0.3) is 0 Å². The van der Waals surface area contributed by atoms with Crippen molar-refractivity contribution < 1.29 is 24.0 Å². The Kier molecular flexibility index (Phi) is 5.15. The molecule has 0 aliphatic heterocycles. The molecule has 134 valence electrons. The summed E-state index contributed by atoms with van der Waals surface area (Å²) >= 11 is 0. The third-order valence-electron chi connectivity index (χ3n) is 3.84. The van der Waals surface area contributed by atoms with Gasteiger partial charge in [-0.25, -0.2) is 0 Å². The molecule has 1 aromatic heterocycles. The van der Waals surface area contributed by atoms with Crippen LogP contribution < -0.4 is 9.79 Å². The Hall–Kier alpha value is -2.57. The number of aryl methyl sites for hydroxylation is 1. The highest BCUT2D eigenvalue weighted by Crippen LogP contribution is 2.31. The van der Waals surface area contributed by atoms with Gasteiger partial charge in [-0.15, -0.1) is 0 Å². The Morgan fingerprint density at radius 1 is 1.23 bits per heavy atom. The Morgan fingerprint density at radius 2 is 1.96 bits per heavy atom. The van der Waals surface area contributed by atoms with E-state index < -0.39 is 14.4 Å². The molecule has 0 radical (unpaired) electrons. The van der Waals surface area contributed by atoms with Crippen LogP contribution in [0.15, 0.2) is 53.7 Å². The Morgan fingerprint density at radius 3 is 2.73 bits per heavy atom. The molecule has 26 heavy (non-hydrogen) atoms. The minimum absolute atomic E-state index is 0.151. The summed E-state index contributed by atoms with van der Waals surface area (Å²) in [6.07, 6.45) is 2.75. The molecule has 0 fully saturated rings. The van der Waals surface area contributed by atoms with E-state index in [0.717, 1.165) is 10.8 Å². The number of hydrogen-bond acceptors (Lipinski definition) is 7. The van der Waals surface area contributed by atoms with Gasteiger partial charge in [0.15, 0.2) is 0 Å². The van der Waals surface area contributed by atoms with Crippen LogP contribution in [-0.4, -0.2) is 16.3 Å². The van der Waals surface area contributed by atoms with Crippen LogP contribution in [0.25, 0.3) is 10.8 Å². The summed E-state index contributed by atoms with van der Waals surface area (Å²) in [5, 5.41) is 12.2. The molecule has 8 heteroatoms. The second-order valence-corrected chi connectivity index (χ2v) is 6.76. The molecule has 1 N–H and O–H groups in total. The Labute approximate surface area is 149 Å². The molecule has 0 saturated heterocycles. The number of benzene rings is 2. The molecule has 7 nitrogen and oxygen atoms in total. The second kappa shape index (κ2) is 7.35. The van der Waals surface area contributed by atoms with Crippen molar-refractivity contribution in [2.75, 3.05) is 0 Å². The van der Waals surface area contributed by atoms with Gasteiger partial charge in [-0.05, 0) is 18.4 Å². The average Bonchev–Trinajstić information content (AvgIpc) is 2.61. The van der Waals surface area contributed by atoms with Crippen LogP contribution in [0.1, 0.15) is 16.8 Å². The zero-order chi connectivity index (χ0) is 18.7. The lowest BCUT2D eigenvalue weighted by molar-refractivity contribution is -0.342. The first-order chi connectivity index (χ1) is 12.3. The van der Waals surface area contributed by atoms with Gasteiger partial charge in [0.2, 0.25) is 0 Å². The zero-order valence-corrected chi connectivity index (χ0v) is 14.7. The van der Waals surface area contributed by atoms with Gasteiger partial charge in [0.1, 0.15) is 5.75 Å². The Balaban J connectivity index is 2.01. The lowest BCUT2D eigenvalue weighted by Gasteiger charge is -2.28. The van der Waals surface area contributed by atoms with Gasteiger partial charge in [0.05, 0.1) is 25.8 Å². The third kappa shape index (κ3) is 4.15. The van der Waals surface area contributed by atoms with Crippen molar-refractivity contribution in [3.05, 3.63) is 65.5 Å². The molecular formula is C18H15N2O5P-2. The van der Waals surface area contributed by atoms with Gasteiger partial charge in [-0.1, -0.05) is 36.4 Å². The van der Waals surface area contributed by atoms with Crippen LogP contribution in [0.2, 0.25) is 0 Å². The van der Waals surface area contributed by atoms with E-state index in [1.165, 1.54) is 12.4 Å². The van der Waals surface area contributed by atoms with E-state index in [-0.39, 0.29) is 16.9 Å². The molecule has 3 aromatic rings. The normalized spacial score (nSPS) is 12.1. The number of fused-ring (bicyclic) bond motifs is 1. The fourth-order valence-corrected chi connectivity index (χ4v) is 2.81. The zero-order valence-electron chi connectivity index (χ0n) is 13.8. The molecule has 0 bridgehead atoms. The molecule has 0 amide bonds. The minimum Gasteiger partial charge on any atom is -0.790 e. The predicted molar refractivity (Wildman–Crippen MR) is 94.2 cm³/mol. The SMILES string of the molecule is Cc1ncc(COP(=O)([O-])[O-])c(C=Nc2cccc3ccccc23)c1O. The lowest BCUT2D eigenvalue weighted by Crippen LogP contribution is -2.16. The van der Waals surface area contributed by atoms with Gasteiger partial charge in [0, 0.05) is 28.9 Å². The number of aromatic nitrogens is 1. The van der Waals surface area contributed by atoms with E-state index in [1.54, 1.807) is 6.92 Å². The molecule has 3 rings (SSSR count). The highest BCUT2D eigenvalue weighted by Gasteiger charge is 2.11. The van der Waals surface area contributed by atoms with E-state index in [0.29, 0.717) is 11.4 Å². The monoisotopic (exact) mass is 370 g/mol. The van der Waals surface area contributed by atoms with Crippen LogP contribution in [0.5, 0.6) is 5.75 Å². The summed E-state index contributed by atoms with van der Waals surface area (Å²) in [6.45, 7) is 1.07. The maximum Gasteiger partial charge on any atom is 0.145 e. The van der Waals surface area contributed by atoms with Crippen LogP contribution in [0.4, 0.5) is 5.69 Å². The van der Waals surface area contributed by atoms with Crippen LogP contribution >= 0.6 is 7.82 Å². The van der Waals surface area contributed by atoms with Crippen LogP contribution in [-0.2, 0) is 15.7 Å². The highest BCUT2D eigenvalue weighted by molar-refractivity contribution is 7.43. The van der Waals surface area contributed by atoms with Crippen molar-refractivity contribution in [3.8, 4) is 5.75 Å². The average molecular weight is 370 g/mol. The van der Waals surface area contributed by atoms with Crippen molar-refractivity contribution in [1.29, 1.82) is 0 Å². The minimum atomic E-state index is -5.14. The van der Waals surface area contributed by atoms with Crippen LogP contribution in [0, 0.1) is 6.92 Å². The summed E-state index contributed by atoms with van der Waals surface area (Å²) in [6, 6.07) is 13.4. The summed E-state index contributed by atoms with van der Waals surface area (Å²) < 4.78 is 15.0. The number of phosphoric ester groups is 1. The number of nitrogens with zero attached hydrogens (tertiary/aromatic N) is 2. The summed E-state index contributed by atoms with van der Waals surface area (Å²) in [7, 11) is -5.14. The van der Waals surface area contributed by atoms with Crippen molar-refractivity contribution in [2.45, 2.75) is 13.5 Å². The number of hydrogen-bond donors (Lipinski definition) is 1. The number of phosphoric acid groups is 1. The molecule has 0 saturated carbocycles. The smallest absolute Gasteiger partial charge is 0.145 e. The van der Waals surface area contributed by atoms with E-state index in [9.17, 15) is 19.5 Å². The summed E-state index contributed by atoms with van der Waals surface area (Å²) in [5.74, 6) is -0.151. The van der Waals surface area contributed by atoms with Gasteiger partial charge >= 0.3 is 0 Å². The maximum atomic E-state index is 10.7.